The number of para-hydroxylation sites is 1. The molecule has 4 nitrogen and oxygen atoms in total. The van der Waals surface area contributed by atoms with Gasteiger partial charge in [-0.2, -0.15) is 0 Å². The highest BCUT2D eigenvalue weighted by Crippen LogP contribution is 2.35. The molecule has 1 saturated heterocycles. The van der Waals surface area contributed by atoms with Gasteiger partial charge in [-0.1, -0.05) is 18.6 Å². The van der Waals surface area contributed by atoms with Crippen molar-refractivity contribution in [3.63, 3.8) is 0 Å². The summed E-state index contributed by atoms with van der Waals surface area (Å²) < 4.78 is 1.18. The van der Waals surface area contributed by atoms with Crippen LogP contribution in [0, 0.1) is 0 Å². The van der Waals surface area contributed by atoms with E-state index in [0.717, 1.165) is 36.3 Å². The molecule has 19 heavy (non-hydrogen) atoms. The fourth-order valence-corrected chi connectivity index (χ4v) is 3.80. The predicted molar refractivity (Wildman–Crippen MR) is 75.4 cm³/mol. The van der Waals surface area contributed by atoms with Crippen molar-refractivity contribution in [2.24, 2.45) is 0 Å². The summed E-state index contributed by atoms with van der Waals surface area (Å²) in [7, 11) is 0. The van der Waals surface area contributed by atoms with Crippen LogP contribution in [0.15, 0.2) is 24.3 Å². The lowest BCUT2D eigenvalue weighted by Gasteiger charge is -2.32. The van der Waals surface area contributed by atoms with E-state index < -0.39 is 5.97 Å². The van der Waals surface area contributed by atoms with E-state index >= 15 is 0 Å². The van der Waals surface area contributed by atoms with Gasteiger partial charge in [0.1, 0.15) is 5.01 Å². The second kappa shape index (κ2) is 5.27. The molecule has 1 N–H and O–H groups in total. The molecule has 0 amide bonds. The van der Waals surface area contributed by atoms with Crippen LogP contribution in [-0.4, -0.2) is 34.0 Å². The van der Waals surface area contributed by atoms with Crippen molar-refractivity contribution in [1.29, 1.82) is 0 Å². The van der Waals surface area contributed by atoms with Gasteiger partial charge in [-0.05, 0) is 31.5 Å². The molecule has 0 unspecified atom stereocenters. The van der Waals surface area contributed by atoms with Gasteiger partial charge in [0.25, 0.3) is 0 Å². The standard InChI is InChI=1S/C14H16N2O2S/c17-13(18)9-16-8-4-3-6-11(16)14-15-10-5-1-2-7-12(10)19-14/h1-2,5,7,11H,3-4,6,8-9H2,(H,17,18)/t11-/m1/s1. The first-order valence-corrected chi connectivity index (χ1v) is 7.37. The number of rotatable bonds is 3. The van der Waals surface area contributed by atoms with E-state index in [0.29, 0.717) is 0 Å². The maximum atomic E-state index is 11.0. The quantitative estimate of drug-likeness (QED) is 0.936. The molecule has 0 radical (unpaired) electrons. The Morgan fingerprint density at radius 3 is 3.05 bits per heavy atom. The molecule has 2 heterocycles. The number of carboxylic acid groups (broad SMARTS) is 1. The fraction of sp³-hybridized carbons (Fsp3) is 0.429. The molecule has 3 rings (SSSR count). The molecule has 1 fully saturated rings. The fourth-order valence-electron chi connectivity index (χ4n) is 2.67. The molecule has 1 aromatic heterocycles. The number of hydrogen-bond donors (Lipinski definition) is 1. The molecule has 0 saturated carbocycles. The zero-order valence-corrected chi connectivity index (χ0v) is 11.4. The van der Waals surface area contributed by atoms with Crippen LogP contribution >= 0.6 is 11.3 Å². The number of nitrogens with zero attached hydrogens (tertiary/aromatic N) is 2. The molecule has 0 aliphatic carbocycles. The van der Waals surface area contributed by atoms with Gasteiger partial charge >= 0.3 is 5.97 Å². The Bertz CT molecular complexity index is 563. The zero-order chi connectivity index (χ0) is 13.2. The van der Waals surface area contributed by atoms with Crippen LogP contribution in [0.25, 0.3) is 10.2 Å². The third-order valence-corrected chi connectivity index (χ3v) is 4.69. The average molecular weight is 276 g/mol. The van der Waals surface area contributed by atoms with E-state index in [2.05, 4.69) is 11.1 Å². The summed E-state index contributed by atoms with van der Waals surface area (Å²) >= 11 is 1.69. The Morgan fingerprint density at radius 2 is 2.26 bits per heavy atom. The summed E-state index contributed by atoms with van der Waals surface area (Å²) in [5.41, 5.74) is 1.02. The maximum Gasteiger partial charge on any atom is 0.317 e. The van der Waals surface area contributed by atoms with Crippen LogP contribution in [0.4, 0.5) is 0 Å². The van der Waals surface area contributed by atoms with E-state index in [4.69, 9.17) is 5.11 Å². The Balaban J connectivity index is 1.91. The number of benzene rings is 1. The number of aliphatic carboxylic acids is 1. The van der Waals surface area contributed by atoms with Gasteiger partial charge < -0.3 is 5.11 Å². The minimum absolute atomic E-state index is 0.112. The molecule has 100 valence electrons. The normalized spacial score (nSPS) is 20.7. The number of carboxylic acids is 1. The van der Waals surface area contributed by atoms with E-state index in [1.807, 2.05) is 23.1 Å². The summed E-state index contributed by atoms with van der Waals surface area (Å²) in [6, 6.07) is 8.25. The Morgan fingerprint density at radius 1 is 1.42 bits per heavy atom. The highest BCUT2D eigenvalue weighted by Gasteiger charge is 2.27. The molecule has 1 atom stereocenters. The van der Waals surface area contributed by atoms with Crippen LogP contribution in [0.3, 0.4) is 0 Å². The highest BCUT2D eigenvalue weighted by atomic mass is 32.1. The van der Waals surface area contributed by atoms with Crippen molar-refractivity contribution in [2.75, 3.05) is 13.1 Å². The van der Waals surface area contributed by atoms with E-state index in [1.54, 1.807) is 11.3 Å². The molecule has 1 aromatic carbocycles. The number of thiazole rings is 1. The monoisotopic (exact) mass is 276 g/mol. The predicted octanol–water partition coefficient (Wildman–Crippen LogP) is 2.91. The number of piperidine rings is 1. The van der Waals surface area contributed by atoms with Crippen molar-refractivity contribution in [1.82, 2.24) is 9.88 Å². The average Bonchev–Trinajstić information content (AvgIpc) is 2.82. The Kier molecular flexibility index (Phi) is 3.48. The van der Waals surface area contributed by atoms with Gasteiger partial charge in [-0.3, -0.25) is 9.69 Å². The molecule has 0 bridgehead atoms. The van der Waals surface area contributed by atoms with Gasteiger partial charge in [0.15, 0.2) is 0 Å². The van der Waals surface area contributed by atoms with E-state index in [9.17, 15) is 4.79 Å². The van der Waals surface area contributed by atoms with E-state index in [1.165, 1.54) is 4.70 Å². The van der Waals surface area contributed by atoms with Crippen LogP contribution in [0.1, 0.15) is 30.3 Å². The lowest BCUT2D eigenvalue weighted by Crippen LogP contribution is -2.37. The third kappa shape index (κ3) is 2.62. The second-order valence-corrected chi connectivity index (χ2v) is 5.96. The van der Waals surface area contributed by atoms with Crippen LogP contribution < -0.4 is 0 Å². The Labute approximate surface area is 115 Å². The summed E-state index contributed by atoms with van der Waals surface area (Å²) in [6.45, 7) is 0.966. The van der Waals surface area contributed by atoms with Gasteiger partial charge in [0.2, 0.25) is 0 Å². The third-order valence-electron chi connectivity index (χ3n) is 3.55. The number of fused-ring (bicyclic) bond motifs is 1. The van der Waals surface area contributed by atoms with Crippen molar-refractivity contribution in [3.05, 3.63) is 29.3 Å². The number of likely N-dealkylation sites (tertiary alicyclic amines) is 1. The number of carbonyl (C=O) groups is 1. The van der Waals surface area contributed by atoms with Crippen LogP contribution in [0.2, 0.25) is 0 Å². The molecule has 1 aliphatic rings. The zero-order valence-electron chi connectivity index (χ0n) is 10.6. The topological polar surface area (TPSA) is 53.4 Å². The lowest BCUT2D eigenvalue weighted by atomic mass is 10.0. The second-order valence-electron chi connectivity index (χ2n) is 4.90. The summed E-state index contributed by atoms with van der Waals surface area (Å²) in [5.74, 6) is -0.756. The van der Waals surface area contributed by atoms with Crippen molar-refractivity contribution < 1.29 is 9.90 Å². The van der Waals surface area contributed by atoms with Crippen molar-refractivity contribution >= 4 is 27.5 Å². The summed E-state index contributed by atoms with van der Waals surface area (Å²) in [4.78, 5) is 17.7. The molecule has 2 aromatic rings. The highest BCUT2D eigenvalue weighted by molar-refractivity contribution is 7.18. The van der Waals surface area contributed by atoms with Crippen LogP contribution in [0.5, 0.6) is 0 Å². The minimum Gasteiger partial charge on any atom is -0.480 e. The first-order valence-electron chi connectivity index (χ1n) is 6.55. The smallest absolute Gasteiger partial charge is 0.317 e. The van der Waals surface area contributed by atoms with Crippen molar-refractivity contribution in [2.45, 2.75) is 25.3 Å². The van der Waals surface area contributed by atoms with E-state index in [-0.39, 0.29) is 12.6 Å². The van der Waals surface area contributed by atoms with Gasteiger partial charge in [-0.25, -0.2) is 4.98 Å². The molecule has 0 spiro atoms. The van der Waals surface area contributed by atoms with Gasteiger partial charge in [-0.15, -0.1) is 11.3 Å². The van der Waals surface area contributed by atoms with Gasteiger partial charge in [0.05, 0.1) is 22.8 Å². The van der Waals surface area contributed by atoms with Gasteiger partial charge in [0, 0.05) is 0 Å². The molecule has 1 aliphatic heterocycles. The summed E-state index contributed by atoms with van der Waals surface area (Å²) in [5, 5.41) is 10.1. The first-order chi connectivity index (χ1) is 9.24. The number of aromatic nitrogens is 1. The molecular formula is C14H16N2O2S. The Hall–Kier alpha value is -1.46. The SMILES string of the molecule is O=C(O)CN1CCCC[C@@H]1c1nc2ccccc2s1. The first kappa shape index (κ1) is 12.6. The largest absolute Gasteiger partial charge is 0.480 e. The van der Waals surface area contributed by atoms with Crippen LogP contribution in [-0.2, 0) is 4.79 Å². The number of hydrogen-bond acceptors (Lipinski definition) is 4. The molecular weight excluding hydrogens is 260 g/mol. The lowest BCUT2D eigenvalue weighted by molar-refractivity contribution is -0.139. The summed E-state index contributed by atoms with van der Waals surface area (Å²) in [6.07, 6.45) is 3.23. The maximum absolute atomic E-state index is 11.0. The molecule has 5 heteroatoms. The minimum atomic E-state index is -0.756. The van der Waals surface area contributed by atoms with Crippen molar-refractivity contribution in [3.8, 4) is 0 Å².